The predicted octanol–water partition coefficient (Wildman–Crippen LogP) is 3.75. The summed E-state index contributed by atoms with van der Waals surface area (Å²) in [5.74, 6) is 0. The summed E-state index contributed by atoms with van der Waals surface area (Å²) in [5.41, 5.74) is 18.9. The standard InChI is InChI=1S/C22H23.C11H19Si.2ClH.Zr/c1-13-10-18-12-17-6-5-7-20(17)22(21(18)11-13)19-9-8-14(2)15(3)16(19)4;1-7-8(2)10(4)11(9(7)3)12(5)6;;;/h8-12H,5-7H2,1-4H3;11H,1-6H3;2*1H;/q-1;;;;+3/p-2. The Balaban J connectivity index is 0.000000397. The van der Waals surface area contributed by atoms with E-state index < -0.39 is 0 Å². The van der Waals surface area contributed by atoms with Gasteiger partial charge in [0.25, 0.3) is 0 Å². The SMILES string of the molecule is CC1=C(C)C([Si](C)C)C(C)=C1C.Cc1cc2c(-c3ccc(C)c(C)c3C)c3c(cc2[cH-]1)CCC3.[Cl-].[Cl-].[Zr+3]. The first-order chi connectivity index (χ1) is 16.0. The molecule has 0 saturated carbocycles. The van der Waals surface area contributed by atoms with Crippen LogP contribution < -0.4 is 24.8 Å². The van der Waals surface area contributed by atoms with Crippen LogP contribution in [0, 0.1) is 27.7 Å². The van der Waals surface area contributed by atoms with Gasteiger partial charge in [0.1, 0.15) is 0 Å². The molecular formula is C33H42Cl2SiZr. The quantitative estimate of drug-likeness (QED) is 0.300. The minimum Gasteiger partial charge on any atom is -1.00 e. The second-order valence-corrected chi connectivity index (χ2v) is 13.8. The van der Waals surface area contributed by atoms with E-state index in [-0.39, 0.29) is 59.8 Å². The largest absolute Gasteiger partial charge is 3.00 e. The Morgan fingerprint density at radius 2 is 1.38 bits per heavy atom. The minimum absolute atomic E-state index is 0. The topological polar surface area (TPSA) is 0 Å². The van der Waals surface area contributed by atoms with Crippen molar-refractivity contribution in [1.82, 2.24) is 0 Å². The fourth-order valence-electron chi connectivity index (χ4n) is 6.32. The molecule has 0 aliphatic heterocycles. The maximum atomic E-state index is 2.44. The molecule has 2 radical (unpaired) electrons. The van der Waals surface area contributed by atoms with Crippen molar-refractivity contribution in [2.45, 2.75) is 93.3 Å². The van der Waals surface area contributed by atoms with Gasteiger partial charge in [-0.15, -0.1) is 28.5 Å². The molecule has 0 N–H and O–H groups in total. The molecule has 0 heterocycles. The smallest absolute Gasteiger partial charge is 1.00 e. The van der Waals surface area contributed by atoms with E-state index in [1.165, 1.54) is 63.4 Å². The molecule has 0 aromatic heterocycles. The number of aryl methyl sites for hydroxylation is 3. The Morgan fingerprint density at radius 1 is 0.784 bits per heavy atom. The molecule has 0 saturated heterocycles. The van der Waals surface area contributed by atoms with E-state index in [9.17, 15) is 0 Å². The molecule has 0 fully saturated rings. The van der Waals surface area contributed by atoms with Gasteiger partial charge in [0.2, 0.25) is 0 Å². The van der Waals surface area contributed by atoms with Gasteiger partial charge in [-0.3, -0.25) is 0 Å². The number of allylic oxidation sites excluding steroid dienone is 4. The Labute approximate surface area is 259 Å². The van der Waals surface area contributed by atoms with Gasteiger partial charge in [-0.25, -0.2) is 0 Å². The zero-order valence-corrected chi connectivity index (χ0v) is 29.3. The van der Waals surface area contributed by atoms with Crippen LogP contribution in [0.3, 0.4) is 0 Å². The normalized spacial score (nSPS) is 14.8. The molecule has 0 bridgehead atoms. The van der Waals surface area contributed by atoms with Crippen molar-refractivity contribution in [3.8, 4) is 11.1 Å². The molecule has 2 aliphatic rings. The maximum absolute atomic E-state index is 2.44. The van der Waals surface area contributed by atoms with Crippen molar-refractivity contribution in [2.75, 3.05) is 0 Å². The molecule has 0 spiro atoms. The summed E-state index contributed by atoms with van der Waals surface area (Å²) in [4.78, 5) is 0. The van der Waals surface area contributed by atoms with Crippen LogP contribution in [-0.2, 0) is 39.0 Å². The van der Waals surface area contributed by atoms with Crippen molar-refractivity contribution < 1.29 is 51.0 Å². The van der Waals surface area contributed by atoms with E-state index in [0.29, 0.717) is 0 Å². The second-order valence-electron chi connectivity index (χ2n) is 11.1. The van der Waals surface area contributed by atoms with Crippen molar-refractivity contribution in [2.24, 2.45) is 0 Å². The van der Waals surface area contributed by atoms with Crippen LogP contribution in [0.4, 0.5) is 0 Å². The first kappa shape index (κ1) is 34.2. The fourth-order valence-corrected chi connectivity index (χ4v) is 8.49. The average molecular weight is 629 g/mol. The summed E-state index contributed by atoms with van der Waals surface area (Å²) in [5, 5.41) is 2.87. The van der Waals surface area contributed by atoms with Crippen molar-refractivity contribution in [3.05, 3.63) is 86.0 Å². The number of hydrogen-bond donors (Lipinski definition) is 0. The van der Waals surface area contributed by atoms with Gasteiger partial charge in [0, 0.05) is 0 Å². The average Bonchev–Trinajstić information content (AvgIpc) is 3.45. The van der Waals surface area contributed by atoms with Gasteiger partial charge in [0.15, 0.2) is 0 Å². The zero-order valence-electron chi connectivity index (χ0n) is 24.3. The molecule has 37 heavy (non-hydrogen) atoms. The minimum atomic E-state index is -0.190. The maximum Gasteiger partial charge on any atom is 3.00 e. The van der Waals surface area contributed by atoms with Crippen LogP contribution in [0.25, 0.3) is 21.9 Å². The third-order valence-corrected chi connectivity index (χ3v) is 10.8. The van der Waals surface area contributed by atoms with Crippen molar-refractivity contribution >= 4 is 19.6 Å². The Kier molecular flexibility index (Phi) is 12.5. The molecule has 3 aromatic carbocycles. The molecule has 2 aliphatic carbocycles. The van der Waals surface area contributed by atoms with Crippen LogP contribution in [0.15, 0.2) is 52.6 Å². The molecule has 0 unspecified atom stereocenters. The number of hydrogen-bond acceptors (Lipinski definition) is 0. The van der Waals surface area contributed by atoms with Crippen molar-refractivity contribution in [1.29, 1.82) is 0 Å². The number of halogens is 2. The van der Waals surface area contributed by atoms with Gasteiger partial charge in [-0.1, -0.05) is 60.0 Å². The summed E-state index contributed by atoms with van der Waals surface area (Å²) in [6, 6.07) is 11.8. The number of rotatable bonds is 2. The Bertz CT molecular complexity index is 1320. The first-order valence-corrected chi connectivity index (χ1v) is 15.5. The molecule has 196 valence electrons. The third-order valence-electron chi connectivity index (χ3n) is 8.74. The Hall–Kier alpha value is -0.790. The van der Waals surface area contributed by atoms with E-state index in [2.05, 4.69) is 98.8 Å². The Morgan fingerprint density at radius 3 is 1.92 bits per heavy atom. The van der Waals surface area contributed by atoms with Crippen molar-refractivity contribution in [3.63, 3.8) is 0 Å². The van der Waals surface area contributed by atoms with E-state index in [1.54, 1.807) is 33.4 Å². The summed E-state index contributed by atoms with van der Waals surface area (Å²) in [6.45, 7) is 22.9. The van der Waals surface area contributed by atoms with Gasteiger partial charge in [-0.2, -0.15) is 6.07 Å². The van der Waals surface area contributed by atoms with E-state index >= 15 is 0 Å². The van der Waals surface area contributed by atoms with Gasteiger partial charge in [0.05, 0.1) is 8.80 Å². The van der Waals surface area contributed by atoms with Gasteiger partial charge < -0.3 is 24.8 Å². The molecule has 0 amide bonds. The summed E-state index contributed by atoms with van der Waals surface area (Å²) >= 11 is 0. The monoisotopic (exact) mass is 626 g/mol. The molecule has 5 rings (SSSR count). The molecule has 4 heteroatoms. The summed E-state index contributed by atoms with van der Waals surface area (Å²) < 4.78 is 0. The molecular weight excluding hydrogens is 587 g/mol. The van der Waals surface area contributed by atoms with Crippen LogP contribution in [0.2, 0.25) is 18.6 Å². The van der Waals surface area contributed by atoms with Gasteiger partial charge >= 0.3 is 26.2 Å². The van der Waals surface area contributed by atoms with Gasteiger partial charge in [-0.05, 0) is 107 Å². The molecule has 3 aromatic rings. The van der Waals surface area contributed by atoms with E-state index in [0.717, 1.165) is 5.54 Å². The summed E-state index contributed by atoms with van der Waals surface area (Å²) in [6.07, 6.45) is 3.78. The number of benzene rings is 2. The predicted molar refractivity (Wildman–Crippen MR) is 154 cm³/mol. The van der Waals surface area contributed by atoms with Crippen LogP contribution in [0.5, 0.6) is 0 Å². The summed E-state index contributed by atoms with van der Waals surface area (Å²) in [7, 11) is -0.190. The van der Waals surface area contributed by atoms with Crippen LogP contribution >= 0.6 is 0 Å². The third kappa shape index (κ3) is 6.35. The van der Waals surface area contributed by atoms with E-state index in [1.807, 2.05) is 0 Å². The second kappa shape index (κ2) is 13.5. The fraction of sp³-hybridized carbons (Fsp3) is 0.424. The van der Waals surface area contributed by atoms with Crippen LogP contribution in [0.1, 0.15) is 67.5 Å². The van der Waals surface area contributed by atoms with E-state index in [4.69, 9.17) is 0 Å². The molecule has 0 atom stereocenters. The van der Waals surface area contributed by atoms with Crippen LogP contribution in [-0.4, -0.2) is 8.80 Å². The zero-order chi connectivity index (χ0) is 24.9. The molecule has 0 nitrogen and oxygen atoms in total. The first-order valence-electron chi connectivity index (χ1n) is 13.0. The number of fused-ring (bicyclic) bond motifs is 2.